The van der Waals surface area contributed by atoms with Crippen LogP contribution in [0.15, 0.2) is 0 Å². The summed E-state index contributed by atoms with van der Waals surface area (Å²) in [6.45, 7) is 2.10. The molecule has 32 heavy (non-hydrogen) atoms. The molecule has 0 rings (SSSR count). The molecule has 0 spiro atoms. The summed E-state index contributed by atoms with van der Waals surface area (Å²) in [6, 6.07) is -4.53. The summed E-state index contributed by atoms with van der Waals surface area (Å²) in [4.78, 5) is 60.0. The summed E-state index contributed by atoms with van der Waals surface area (Å²) in [6.07, 6.45) is 2.36. The number of carbonyl (C=O) groups excluding carboxylic acids is 4. The zero-order valence-electron chi connectivity index (χ0n) is 18.5. The Labute approximate surface area is 187 Å². The molecule has 0 aromatic heterocycles. The predicted octanol–water partition coefficient (Wildman–Crippen LogP) is -2.99. The molecule has 0 aliphatic rings. The van der Waals surface area contributed by atoms with Crippen molar-refractivity contribution in [1.82, 2.24) is 16.0 Å². The number of hydrogen-bond acceptors (Lipinski definition) is 8. The van der Waals surface area contributed by atoms with Crippen LogP contribution in [0.25, 0.3) is 0 Å². The van der Waals surface area contributed by atoms with Gasteiger partial charge >= 0.3 is 5.97 Å². The van der Waals surface area contributed by atoms with Gasteiger partial charge in [0.05, 0.1) is 12.5 Å². The molecule has 4 atom stereocenters. The first-order valence-corrected chi connectivity index (χ1v) is 10.6. The van der Waals surface area contributed by atoms with Crippen LogP contribution in [-0.2, 0) is 24.0 Å². The Bertz CT molecular complexity index is 646. The Hall–Kier alpha value is -2.77. The van der Waals surface area contributed by atoms with E-state index in [1.807, 2.05) is 0 Å². The number of carbonyl (C=O) groups is 5. The highest BCUT2D eigenvalue weighted by Crippen LogP contribution is 2.05. The van der Waals surface area contributed by atoms with Gasteiger partial charge in [-0.15, -0.1) is 0 Å². The standard InChI is InChI=1S/C19H37N7O6/c1-11(19(31)32)24-17(29)13(7-3-5-9-21)25-18(30)14(10-15(23)27)26-16(28)12(22)6-2-4-8-20/h11-14H,2-10,20-22H2,1H3,(H2,23,27)(H,24,29)(H,25,30)(H,26,28)(H,31,32). The Morgan fingerprint density at radius 2 is 1.28 bits per heavy atom. The summed E-state index contributed by atoms with van der Waals surface area (Å²) in [5, 5.41) is 16.1. The van der Waals surface area contributed by atoms with E-state index in [4.69, 9.17) is 28.0 Å². The lowest BCUT2D eigenvalue weighted by molar-refractivity contribution is -0.142. The minimum atomic E-state index is -1.35. The number of nitrogens with one attached hydrogen (secondary N) is 3. The van der Waals surface area contributed by atoms with Crippen LogP contribution >= 0.6 is 0 Å². The fourth-order valence-corrected chi connectivity index (χ4v) is 2.74. The van der Waals surface area contributed by atoms with E-state index in [0.717, 1.165) is 0 Å². The summed E-state index contributed by atoms with van der Waals surface area (Å²) in [7, 11) is 0. The van der Waals surface area contributed by atoms with Crippen LogP contribution in [0.5, 0.6) is 0 Å². The number of primary amides is 1. The van der Waals surface area contributed by atoms with Crippen molar-refractivity contribution >= 4 is 29.6 Å². The molecule has 0 saturated carbocycles. The first-order chi connectivity index (χ1) is 15.0. The molecule has 4 unspecified atom stereocenters. The Kier molecular flexibility index (Phi) is 14.6. The molecule has 0 aliphatic carbocycles. The van der Waals surface area contributed by atoms with E-state index >= 15 is 0 Å². The van der Waals surface area contributed by atoms with Crippen molar-refractivity contribution in [2.75, 3.05) is 13.1 Å². The molecule has 0 heterocycles. The summed E-state index contributed by atoms with van der Waals surface area (Å²) in [5.74, 6) is -4.26. The first-order valence-electron chi connectivity index (χ1n) is 10.6. The van der Waals surface area contributed by atoms with Gasteiger partial charge in [-0.1, -0.05) is 6.42 Å². The van der Waals surface area contributed by atoms with E-state index in [-0.39, 0.29) is 6.42 Å². The monoisotopic (exact) mass is 459 g/mol. The SMILES string of the molecule is CC(NC(=O)C(CCCCN)NC(=O)C(CC(N)=O)NC(=O)C(N)CCCCN)C(=O)O. The largest absolute Gasteiger partial charge is 0.480 e. The van der Waals surface area contributed by atoms with Crippen molar-refractivity contribution in [3.8, 4) is 0 Å². The molecule has 4 amide bonds. The molecule has 13 nitrogen and oxygen atoms in total. The van der Waals surface area contributed by atoms with E-state index in [1.165, 1.54) is 6.92 Å². The van der Waals surface area contributed by atoms with Crippen molar-refractivity contribution in [2.24, 2.45) is 22.9 Å². The van der Waals surface area contributed by atoms with Gasteiger partial charge in [0.15, 0.2) is 0 Å². The van der Waals surface area contributed by atoms with Gasteiger partial charge in [0, 0.05) is 0 Å². The van der Waals surface area contributed by atoms with E-state index in [1.54, 1.807) is 0 Å². The highest BCUT2D eigenvalue weighted by Gasteiger charge is 2.30. The molecular formula is C19H37N7O6. The first kappa shape index (κ1) is 29.2. The predicted molar refractivity (Wildman–Crippen MR) is 117 cm³/mol. The second-order valence-corrected chi connectivity index (χ2v) is 7.54. The van der Waals surface area contributed by atoms with Crippen molar-refractivity contribution in [1.29, 1.82) is 0 Å². The van der Waals surface area contributed by atoms with Crippen LogP contribution < -0.4 is 38.9 Å². The number of nitrogens with two attached hydrogens (primary N) is 4. The minimum Gasteiger partial charge on any atom is -0.480 e. The average molecular weight is 460 g/mol. The number of unbranched alkanes of at least 4 members (excludes halogenated alkanes) is 2. The number of hydrogen-bond donors (Lipinski definition) is 8. The fourth-order valence-electron chi connectivity index (χ4n) is 2.74. The van der Waals surface area contributed by atoms with Crippen LogP contribution in [-0.4, -0.2) is 72.0 Å². The van der Waals surface area contributed by atoms with Gasteiger partial charge in [-0.05, 0) is 52.1 Å². The number of carboxylic acid groups (broad SMARTS) is 1. The molecule has 0 saturated heterocycles. The lowest BCUT2D eigenvalue weighted by Gasteiger charge is -2.24. The number of amides is 4. The second-order valence-electron chi connectivity index (χ2n) is 7.54. The molecule has 0 bridgehead atoms. The maximum absolute atomic E-state index is 12.8. The quantitative estimate of drug-likeness (QED) is 0.103. The minimum absolute atomic E-state index is 0.178. The average Bonchev–Trinajstić information content (AvgIpc) is 2.71. The highest BCUT2D eigenvalue weighted by atomic mass is 16.4. The molecule has 12 N–H and O–H groups in total. The van der Waals surface area contributed by atoms with E-state index in [9.17, 15) is 24.0 Å². The molecule has 0 aliphatic heterocycles. The Morgan fingerprint density at radius 1 is 0.781 bits per heavy atom. The second kappa shape index (κ2) is 15.9. The van der Waals surface area contributed by atoms with Gasteiger partial charge in [0.1, 0.15) is 18.1 Å². The van der Waals surface area contributed by atoms with Crippen LogP contribution in [0, 0.1) is 0 Å². The fraction of sp³-hybridized carbons (Fsp3) is 0.737. The molecule has 184 valence electrons. The van der Waals surface area contributed by atoms with Crippen molar-refractivity contribution in [2.45, 2.75) is 76.0 Å². The molecule has 0 fully saturated rings. The third-order valence-corrected chi connectivity index (χ3v) is 4.65. The normalized spacial score (nSPS) is 14.5. The molecule has 13 heteroatoms. The summed E-state index contributed by atoms with van der Waals surface area (Å²) < 4.78 is 0. The number of rotatable bonds is 17. The zero-order valence-corrected chi connectivity index (χ0v) is 18.5. The highest BCUT2D eigenvalue weighted by molar-refractivity contribution is 5.96. The maximum atomic E-state index is 12.8. The molecule has 0 aromatic carbocycles. The Morgan fingerprint density at radius 3 is 1.78 bits per heavy atom. The van der Waals surface area contributed by atoms with Gasteiger partial charge in [0.25, 0.3) is 0 Å². The van der Waals surface area contributed by atoms with Gasteiger partial charge in [-0.3, -0.25) is 24.0 Å². The number of carboxylic acids is 1. The van der Waals surface area contributed by atoms with Gasteiger partial charge in [-0.2, -0.15) is 0 Å². The van der Waals surface area contributed by atoms with Crippen molar-refractivity contribution in [3.63, 3.8) is 0 Å². The third kappa shape index (κ3) is 12.2. The summed E-state index contributed by atoms with van der Waals surface area (Å²) >= 11 is 0. The van der Waals surface area contributed by atoms with Crippen LogP contribution in [0.1, 0.15) is 51.9 Å². The lowest BCUT2D eigenvalue weighted by atomic mass is 10.1. The van der Waals surface area contributed by atoms with Gasteiger partial charge in [0.2, 0.25) is 23.6 Å². The molecular weight excluding hydrogens is 422 g/mol. The molecule has 0 aromatic rings. The topological polar surface area (TPSA) is 246 Å². The van der Waals surface area contributed by atoms with Crippen molar-refractivity contribution < 1.29 is 29.1 Å². The van der Waals surface area contributed by atoms with E-state index < -0.39 is 60.2 Å². The van der Waals surface area contributed by atoms with Gasteiger partial charge < -0.3 is 44.0 Å². The van der Waals surface area contributed by atoms with E-state index in [2.05, 4.69) is 16.0 Å². The van der Waals surface area contributed by atoms with Crippen LogP contribution in [0.4, 0.5) is 0 Å². The third-order valence-electron chi connectivity index (χ3n) is 4.65. The zero-order chi connectivity index (χ0) is 24.7. The Balaban J connectivity index is 5.27. The maximum Gasteiger partial charge on any atom is 0.325 e. The van der Waals surface area contributed by atoms with Gasteiger partial charge in [-0.25, -0.2) is 0 Å². The van der Waals surface area contributed by atoms with Crippen LogP contribution in [0.2, 0.25) is 0 Å². The van der Waals surface area contributed by atoms with Crippen molar-refractivity contribution in [3.05, 3.63) is 0 Å². The van der Waals surface area contributed by atoms with Crippen LogP contribution in [0.3, 0.4) is 0 Å². The lowest BCUT2D eigenvalue weighted by Crippen LogP contribution is -2.57. The summed E-state index contributed by atoms with van der Waals surface area (Å²) in [5.41, 5.74) is 21.9. The smallest absolute Gasteiger partial charge is 0.325 e. The molecule has 0 radical (unpaired) electrons. The number of aliphatic carboxylic acids is 1. The van der Waals surface area contributed by atoms with E-state index in [0.29, 0.717) is 45.2 Å².